The molecule has 2 saturated heterocycles. The monoisotopic (exact) mass is 548 g/mol. The number of ether oxygens (including phenoxy) is 3. The van der Waals surface area contributed by atoms with Crippen LogP contribution in [-0.4, -0.2) is 50.6 Å². The second-order valence-electron chi connectivity index (χ2n) is 9.32. The van der Waals surface area contributed by atoms with Crippen LogP contribution in [0.25, 0.3) is 0 Å². The van der Waals surface area contributed by atoms with E-state index in [0.717, 1.165) is 11.1 Å². The summed E-state index contributed by atoms with van der Waals surface area (Å²) in [5.74, 6) is -0.716. The molecule has 5 rings (SSSR count). The van der Waals surface area contributed by atoms with Crippen LogP contribution in [-0.2, 0) is 19.1 Å². The molecule has 0 aliphatic carbocycles. The van der Waals surface area contributed by atoms with E-state index >= 15 is 0 Å². The maximum Gasteiger partial charge on any atom is 0.513 e. The first kappa shape index (κ1) is 26.2. The number of benzene rings is 3. The van der Waals surface area contributed by atoms with E-state index < -0.39 is 33.9 Å². The summed E-state index contributed by atoms with van der Waals surface area (Å²) in [5, 5.41) is 10.6. The summed E-state index contributed by atoms with van der Waals surface area (Å²) in [4.78, 5) is 50.4. The van der Waals surface area contributed by atoms with Crippen LogP contribution in [0.2, 0.25) is 0 Å². The average molecular weight is 549 g/mol. The van der Waals surface area contributed by atoms with Crippen LogP contribution >= 0.6 is 11.8 Å². The van der Waals surface area contributed by atoms with Gasteiger partial charge in [-0.25, -0.2) is 9.59 Å². The number of esters is 1. The zero-order chi connectivity index (χ0) is 27.6. The number of nitro benzene ring substituents is 1. The molecule has 2 fully saturated rings. The largest absolute Gasteiger partial charge is 0.513 e. The van der Waals surface area contributed by atoms with Crippen LogP contribution in [0.5, 0.6) is 5.75 Å². The highest BCUT2D eigenvalue weighted by atomic mass is 32.2. The van der Waals surface area contributed by atoms with Gasteiger partial charge in [-0.3, -0.25) is 14.9 Å². The molecule has 1 amide bonds. The Hall–Kier alpha value is -4.38. The standard InChI is InChI=1S/C28H24N2O8S/c1-28(17-36-27(33)37-21-14-12-20(13-15-21)30(34)35)25(29-22(31)16-23(29)39-28)26(32)38-24(18-8-4-2-5-9-18)19-10-6-3-7-11-19/h2-15,23-25H,16-17H2,1H3/t23?,25-,28-/m0/s1. The number of thioether (sulfide) groups is 1. The van der Waals surface area contributed by atoms with E-state index in [-0.39, 0.29) is 35.7 Å². The highest BCUT2D eigenvalue weighted by molar-refractivity contribution is 8.01. The molecule has 3 aromatic carbocycles. The smallest absolute Gasteiger partial charge is 0.451 e. The van der Waals surface area contributed by atoms with Crippen molar-refractivity contribution in [2.45, 2.75) is 35.6 Å². The van der Waals surface area contributed by atoms with Crippen molar-refractivity contribution in [3.8, 4) is 5.75 Å². The third kappa shape index (κ3) is 5.44. The Kier molecular flexibility index (Phi) is 7.25. The minimum atomic E-state index is -1.04. The molecule has 3 atom stereocenters. The summed E-state index contributed by atoms with van der Waals surface area (Å²) < 4.78 is 15.6. The number of hydrogen-bond acceptors (Lipinski definition) is 9. The molecule has 2 aliphatic rings. The molecule has 200 valence electrons. The second kappa shape index (κ2) is 10.8. The third-order valence-electron chi connectivity index (χ3n) is 6.60. The van der Waals surface area contributed by atoms with Crippen LogP contribution < -0.4 is 4.74 Å². The number of amides is 1. The minimum Gasteiger partial charge on any atom is -0.451 e. The van der Waals surface area contributed by atoms with Crippen LogP contribution in [0.4, 0.5) is 10.5 Å². The molecule has 2 aliphatic heterocycles. The van der Waals surface area contributed by atoms with E-state index in [9.17, 15) is 24.5 Å². The van der Waals surface area contributed by atoms with Crippen LogP contribution in [0.1, 0.15) is 30.6 Å². The fourth-order valence-corrected chi connectivity index (χ4v) is 6.35. The van der Waals surface area contributed by atoms with Gasteiger partial charge in [-0.15, -0.1) is 11.8 Å². The molecule has 0 radical (unpaired) electrons. The molecule has 39 heavy (non-hydrogen) atoms. The van der Waals surface area contributed by atoms with Crippen molar-refractivity contribution >= 4 is 35.5 Å². The molecule has 11 heteroatoms. The van der Waals surface area contributed by atoms with E-state index in [1.807, 2.05) is 60.7 Å². The SMILES string of the molecule is C[C@@]1(COC(=O)Oc2ccc([N+](=O)[O-])cc2)SC2CC(=O)N2[C@H]1C(=O)OC(c1ccccc1)c1ccccc1. The van der Waals surface area contributed by atoms with Crippen molar-refractivity contribution in [1.82, 2.24) is 4.90 Å². The Balaban J connectivity index is 1.32. The normalized spacial score (nSPS) is 21.6. The Bertz CT molecular complexity index is 1350. The Morgan fingerprint density at radius 3 is 2.15 bits per heavy atom. The maximum absolute atomic E-state index is 13.7. The lowest BCUT2D eigenvalue weighted by atomic mass is 9.96. The first-order chi connectivity index (χ1) is 18.7. The minimum absolute atomic E-state index is 0.0679. The summed E-state index contributed by atoms with van der Waals surface area (Å²) in [6, 6.07) is 22.6. The van der Waals surface area contributed by atoms with E-state index in [1.165, 1.54) is 40.9 Å². The quantitative estimate of drug-likeness (QED) is 0.127. The number of nitrogens with zero attached hydrogens (tertiary/aromatic N) is 2. The van der Waals surface area contributed by atoms with Gasteiger partial charge in [0.25, 0.3) is 5.69 Å². The molecule has 0 bridgehead atoms. The Morgan fingerprint density at radius 1 is 1.03 bits per heavy atom. The van der Waals surface area contributed by atoms with Crippen molar-refractivity contribution < 1.29 is 33.5 Å². The molecule has 1 unspecified atom stereocenters. The fourth-order valence-electron chi connectivity index (χ4n) is 4.68. The van der Waals surface area contributed by atoms with Gasteiger partial charge in [0.15, 0.2) is 6.10 Å². The number of β-lactam (4-membered cyclic amide) rings is 1. The van der Waals surface area contributed by atoms with E-state index in [4.69, 9.17) is 14.2 Å². The Labute approximate surface area is 228 Å². The van der Waals surface area contributed by atoms with Crippen molar-refractivity contribution in [3.05, 3.63) is 106 Å². The average Bonchev–Trinajstić information content (AvgIpc) is 3.18. The highest BCUT2D eigenvalue weighted by Crippen LogP contribution is 2.51. The summed E-state index contributed by atoms with van der Waals surface area (Å²) in [6.07, 6.45) is -1.46. The van der Waals surface area contributed by atoms with E-state index in [2.05, 4.69) is 0 Å². The van der Waals surface area contributed by atoms with Gasteiger partial charge in [-0.1, -0.05) is 60.7 Å². The summed E-state index contributed by atoms with van der Waals surface area (Å²) >= 11 is 1.37. The number of carbonyl (C=O) groups is 3. The van der Waals surface area contributed by atoms with Gasteiger partial charge in [0, 0.05) is 12.1 Å². The highest BCUT2D eigenvalue weighted by Gasteiger charge is 2.62. The number of nitro groups is 1. The van der Waals surface area contributed by atoms with Gasteiger partial charge in [0.2, 0.25) is 5.91 Å². The third-order valence-corrected chi connectivity index (χ3v) is 8.14. The fraction of sp³-hybridized carbons (Fsp3) is 0.250. The van der Waals surface area contributed by atoms with Crippen LogP contribution in [0.3, 0.4) is 0 Å². The zero-order valence-electron chi connectivity index (χ0n) is 20.8. The number of carbonyl (C=O) groups excluding carboxylic acids is 3. The lowest BCUT2D eigenvalue weighted by Gasteiger charge is -2.38. The number of hydrogen-bond donors (Lipinski definition) is 0. The molecule has 0 spiro atoms. The second-order valence-corrected chi connectivity index (χ2v) is 11.0. The van der Waals surface area contributed by atoms with Gasteiger partial charge < -0.3 is 19.1 Å². The predicted molar refractivity (Wildman–Crippen MR) is 141 cm³/mol. The van der Waals surface area contributed by atoms with Gasteiger partial charge in [-0.2, -0.15) is 0 Å². The lowest BCUT2D eigenvalue weighted by Crippen LogP contribution is -2.58. The van der Waals surface area contributed by atoms with Gasteiger partial charge in [0.1, 0.15) is 18.4 Å². The van der Waals surface area contributed by atoms with Crippen molar-refractivity contribution in [1.29, 1.82) is 0 Å². The zero-order valence-corrected chi connectivity index (χ0v) is 21.6. The summed E-state index contributed by atoms with van der Waals surface area (Å²) in [6.45, 7) is 1.51. The lowest BCUT2D eigenvalue weighted by molar-refractivity contribution is -0.384. The molecule has 10 nitrogen and oxygen atoms in total. The Morgan fingerprint density at radius 2 is 1.62 bits per heavy atom. The molecule has 0 aromatic heterocycles. The van der Waals surface area contributed by atoms with Crippen LogP contribution in [0, 0.1) is 10.1 Å². The van der Waals surface area contributed by atoms with Crippen molar-refractivity contribution in [3.63, 3.8) is 0 Å². The van der Waals surface area contributed by atoms with Gasteiger partial charge in [0.05, 0.1) is 21.5 Å². The number of rotatable bonds is 8. The first-order valence-electron chi connectivity index (χ1n) is 12.1. The van der Waals surface area contributed by atoms with Crippen molar-refractivity contribution in [2.24, 2.45) is 0 Å². The predicted octanol–water partition coefficient (Wildman–Crippen LogP) is 4.88. The molecule has 0 saturated carbocycles. The van der Waals surface area contributed by atoms with Gasteiger partial charge >= 0.3 is 12.1 Å². The maximum atomic E-state index is 13.7. The molecule has 3 aromatic rings. The molecular weight excluding hydrogens is 524 g/mol. The summed E-state index contributed by atoms with van der Waals surface area (Å²) in [5.41, 5.74) is 1.41. The van der Waals surface area contributed by atoms with E-state index in [1.54, 1.807) is 6.92 Å². The van der Waals surface area contributed by atoms with Gasteiger partial charge in [-0.05, 0) is 30.2 Å². The van der Waals surface area contributed by atoms with E-state index in [0.29, 0.717) is 0 Å². The van der Waals surface area contributed by atoms with Crippen LogP contribution in [0.15, 0.2) is 84.9 Å². The van der Waals surface area contributed by atoms with Crippen molar-refractivity contribution in [2.75, 3.05) is 6.61 Å². The molecular formula is C28H24N2O8S. The molecule has 0 N–H and O–H groups in total. The number of non-ortho nitro benzene ring substituents is 1. The first-order valence-corrected chi connectivity index (χ1v) is 13.0. The number of fused-ring (bicyclic) bond motifs is 1. The topological polar surface area (TPSA) is 125 Å². The molecule has 2 heterocycles. The summed E-state index contributed by atoms with van der Waals surface area (Å²) in [7, 11) is 0.